The van der Waals surface area contributed by atoms with Gasteiger partial charge in [-0.15, -0.1) is 0 Å². The van der Waals surface area contributed by atoms with E-state index in [4.69, 9.17) is 9.47 Å². The number of carboxylic acid groups (broad SMARTS) is 1. The van der Waals surface area contributed by atoms with Crippen LogP contribution in [0.15, 0.2) is 36.5 Å². The lowest BCUT2D eigenvalue weighted by Crippen LogP contribution is -2.36. The Morgan fingerprint density at radius 2 is 1.77 bits per heavy atom. The first-order valence-corrected chi connectivity index (χ1v) is 13.2. The minimum Gasteiger partial charge on any atom is -0.493 e. The third kappa shape index (κ3) is 6.26. The number of aryl methyl sites for hydroxylation is 2. The summed E-state index contributed by atoms with van der Waals surface area (Å²) in [5, 5.41) is 29.4. The minimum absolute atomic E-state index is 0.0656. The van der Waals surface area contributed by atoms with Crippen LogP contribution >= 0.6 is 0 Å². The lowest BCUT2D eigenvalue weighted by atomic mass is 9.93. The maximum absolute atomic E-state index is 15.0. The van der Waals surface area contributed by atoms with Crippen LogP contribution in [-0.4, -0.2) is 44.6 Å². The number of ether oxygens (including phenoxy) is 2. The van der Waals surface area contributed by atoms with Crippen LogP contribution in [-0.2, 0) is 17.8 Å². The number of aliphatic hydroxyl groups is 2. The Labute approximate surface area is 232 Å². The highest BCUT2D eigenvalue weighted by Gasteiger charge is 2.35. The first kappa shape index (κ1) is 29.4. The maximum Gasteiger partial charge on any atom is 0.311 e. The zero-order valence-electron chi connectivity index (χ0n) is 23.3. The van der Waals surface area contributed by atoms with Gasteiger partial charge in [0.05, 0.1) is 24.2 Å². The van der Waals surface area contributed by atoms with Crippen LogP contribution in [0.3, 0.4) is 0 Å². The van der Waals surface area contributed by atoms with Crippen LogP contribution < -0.4 is 9.47 Å². The van der Waals surface area contributed by atoms with Gasteiger partial charge in [-0.2, -0.15) is 0 Å². The number of hydrogen-bond acceptors (Lipinski definition) is 6. The van der Waals surface area contributed by atoms with Crippen molar-refractivity contribution in [3.05, 3.63) is 76.0 Å². The van der Waals surface area contributed by atoms with Crippen molar-refractivity contribution in [3.8, 4) is 22.8 Å². The molecule has 0 aliphatic heterocycles. The van der Waals surface area contributed by atoms with Gasteiger partial charge in [0, 0.05) is 35.9 Å². The molecular weight excluding hydrogens is 520 g/mol. The lowest BCUT2D eigenvalue weighted by molar-refractivity contribution is -0.139. The predicted octanol–water partition coefficient (Wildman–Crippen LogP) is 5.48. The molecule has 0 fully saturated rings. The lowest BCUT2D eigenvalue weighted by Gasteiger charge is -2.24. The molecule has 1 aliphatic carbocycles. The first-order chi connectivity index (χ1) is 18.8. The first-order valence-electron chi connectivity index (χ1n) is 13.2. The van der Waals surface area contributed by atoms with Crippen LogP contribution in [0.4, 0.5) is 8.78 Å². The molecule has 0 saturated carbocycles. The van der Waals surface area contributed by atoms with Crippen molar-refractivity contribution in [3.63, 3.8) is 0 Å². The Morgan fingerprint density at radius 3 is 2.40 bits per heavy atom. The average Bonchev–Trinajstić information content (AvgIpc) is 3.18. The summed E-state index contributed by atoms with van der Waals surface area (Å²) in [6.07, 6.45) is 1.37. The molecule has 2 aromatic carbocycles. The molecule has 9 heteroatoms. The van der Waals surface area contributed by atoms with Gasteiger partial charge in [-0.3, -0.25) is 4.79 Å². The molecule has 1 aliphatic rings. The molecule has 3 atom stereocenters. The van der Waals surface area contributed by atoms with Crippen molar-refractivity contribution in [2.45, 2.75) is 71.7 Å². The molecular formula is C31H35F2NO6. The number of hydrogen-bond donors (Lipinski definition) is 3. The van der Waals surface area contributed by atoms with Gasteiger partial charge in [0.25, 0.3) is 0 Å². The zero-order valence-corrected chi connectivity index (χ0v) is 23.3. The summed E-state index contributed by atoms with van der Waals surface area (Å²) in [4.78, 5) is 15.8. The van der Waals surface area contributed by atoms with E-state index < -0.39 is 35.2 Å². The molecule has 40 heavy (non-hydrogen) atoms. The fourth-order valence-electron chi connectivity index (χ4n) is 5.29. The molecule has 0 saturated heterocycles. The Hall–Kier alpha value is -3.56. The Balaban J connectivity index is 1.51. The number of halogens is 2. The highest BCUT2D eigenvalue weighted by Crippen LogP contribution is 2.39. The van der Waals surface area contributed by atoms with Gasteiger partial charge in [0.2, 0.25) is 5.88 Å². The highest BCUT2D eigenvalue weighted by molar-refractivity contribution is 5.78. The number of nitrogens with zero attached hydrogens (tertiary/aromatic N) is 1. The number of carboxylic acids is 1. The van der Waals surface area contributed by atoms with E-state index in [2.05, 4.69) is 4.98 Å². The molecule has 0 amide bonds. The van der Waals surface area contributed by atoms with Crippen molar-refractivity contribution < 1.29 is 38.4 Å². The van der Waals surface area contributed by atoms with Gasteiger partial charge in [-0.25, -0.2) is 13.8 Å². The number of carbonyl (C=O) groups is 1. The van der Waals surface area contributed by atoms with Crippen molar-refractivity contribution in [2.24, 2.45) is 5.92 Å². The van der Waals surface area contributed by atoms with Gasteiger partial charge in [-0.05, 0) is 86.1 Å². The van der Waals surface area contributed by atoms with E-state index in [1.54, 1.807) is 32.0 Å². The summed E-state index contributed by atoms with van der Waals surface area (Å²) in [6.45, 7) is 8.53. The normalized spacial score (nSPS) is 17.4. The molecule has 0 radical (unpaired) electrons. The summed E-state index contributed by atoms with van der Waals surface area (Å²) < 4.78 is 41.3. The second-order valence-electron chi connectivity index (χ2n) is 11.2. The summed E-state index contributed by atoms with van der Waals surface area (Å²) in [7, 11) is 0. The maximum atomic E-state index is 15.0. The Kier molecular flexibility index (Phi) is 8.46. The smallest absolute Gasteiger partial charge is 0.311 e. The number of aromatic nitrogens is 1. The van der Waals surface area contributed by atoms with E-state index >= 15 is 4.39 Å². The third-order valence-electron chi connectivity index (χ3n) is 7.47. The largest absolute Gasteiger partial charge is 0.493 e. The van der Waals surface area contributed by atoms with Crippen LogP contribution in [0, 0.1) is 31.4 Å². The quantitative estimate of drug-likeness (QED) is 0.304. The second-order valence-corrected chi connectivity index (χ2v) is 11.2. The van der Waals surface area contributed by atoms with Gasteiger partial charge in [-0.1, -0.05) is 6.92 Å². The molecule has 4 rings (SSSR count). The van der Waals surface area contributed by atoms with E-state index in [0.29, 0.717) is 23.3 Å². The molecule has 1 heterocycles. The van der Waals surface area contributed by atoms with Crippen LogP contribution in [0.1, 0.15) is 60.9 Å². The van der Waals surface area contributed by atoms with E-state index in [-0.39, 0.29) is 42.6 Å². The zero-order chi connectivity index (χ0) is 29.4. The average molecular weight is 556 g/mol. The van der Waals surface area contributed by atoms with Crippen molar-refractivity contribution in [2.75, 3.05) is 6.61 Å². The standard InChI is InChI=1S/C31H35F2NO6/c1-16-8-19-12-27(34-14-23(19)29(16)30(36)37)40-15-20-11-22(25(33)13-24(20)32)28-17(2)9-21(10-18(28)3)39-7-6-26(35)31(4,5)38/h9-14,16,26,29,35,38H,6-8,15H2,1-5H3,(H,36,37)/t16?,26?,29-/m0/s1. The molecule has 0 spiro atoms. The van der Waals surface area contributed by atoms with Crippen LogP contribution in [0.5, 0.6) is 11.6 Å². The minimum atomic E-state index is -1.24. The summed E-state index contributed by atoms with van der Waals surface area (Å²) in [6, 6.07) is 7.45. The third-order valence-corrected chi connectivity index (χ3v) is 7.47. The number of aliphatic carboxylic acids is 1. The molecule has 3 aromatic rings. The SMILES string of the molecule is Cc1cc(OCCC(O)C(C)(C)O)cc(C)c1-c1cc(COc2cc3c(cn2)[C@@H](C(=O)O)C(C)C3)c(F)cc1F. The number of fused-ring (bicyclic) bond motifs is 1. The van der Waals surface area contributed by atoms with E-state index in [1.165, 1.54) is 26.1 Å². The molecule has 0 bridgehead atoms. The summed E-state index contributed by atoms with van der Waals surface area (Å²) in [5.41, 5.74) is 2.68. The van der Waals surface area contributed by atoms with E-state index in [0.717, 1.165) is 22.8 Å². The van der Waals surface area contributed by atoms with Crippen LogP contribution in [0.2, 0.25) is 0 Å². The van der Waals surface area contributed by atoms with Crippen molar-refractivity contribution in [1.29, 1.82) is 0 Å². The molecule has 1 aromatic heterocycles. The van der Waals surface area contributed by atoms with Gasteiger partial charge < -0.3 is 24.8 Å². The van der Waals surface area contributed by atoms with E-state index in [9.17, 15) is 24.5 Å². The molecule has 3 N–H and O–H groups in total. The molecule has 214 valence electrons. The summed E-state index contributed by atoms with van der Waals surface area (Å²) in [5.74, 6) is -2.25. The van der Waals surface area contributed by atoms with Crippen LogP contribution in [0.25, 0.3) is 11.1 Å². The van der Waals surface area contributed by atoms with Gasteiger partial charge in [0.15, 0.2) is 0 Å². The number of benzene rings is 2. The Morgan fingerprint density at radius 1 is 1.10 bits per heavy atom. The molecule has 2 unspecified atom stereocenters. The number of aliphatic hydroxyl groups excluding tert-OH is 1. The number of pyridine rings is 1. The van der Waals surface area contributed by atoms with E-state index in [1.807, 2.05) is 6.92 Å². The topological polar surface area (TPSA) is 109 Å². The van der Waals surface area contributed by atoms with Crippen molar-refractivity contribution in [1.82, 2.24) is 4.98 Å². The monoisotopic (exact) mass is 555 g/mol. The van der Waals surface area contributed by atoms with Gasteiger partial charge >= 0.3 is 5.97 Å². The fourth-order valence-corrected chi connectivity index (χ4v) is 5.29. The molecule has 7 nitrogen and oxygen atoms in total. The summed E-state index contributed by atoms with van der Waals surface area (Å²) >= 11 is 0. The second kappa shape index (κ2) is 11.5. The predicted molar refractivity (Wildman–Crippen MR) is 145 cm³/mol. The number of rotatable bonds is 10. The van der Waals surface area contributed by atoms with Gasteiger partial charge in [0.1, 0.15) is 24.0 Å². The Bertz CT molecular complexity index is 1390. The van der Waals surface area contributed by atoms with Crippen molar-refractivity contribution >= 4 is 5.97 Å². The fraction of sp³-hybridized carbons (Fsp3) is 0.419. The highest BCUT2D eigenvalue weighted by atomic mass is 19.1.